The summed E-state index contributed by atoms with van der Waals surface area (Å²) in [4.78, 5) is 3.94. The van der Waals surface area contributed by atoms with Crippen molar-refractivity contribution >= 4 is 11.4 Å². The molecule has 2 aromatic rings. The highest BCUT2D eigenvalue weighted by molar-refractivity contribution is 5.58. The molecule has 0 saturated carbocycles. The molecule has 0 aliphatic carbocycles. The first-order valence-corrected chi connectivity index (χ1v) is 6.63. The summed E-state index contributed by atoms with van der Waals surface area (Å²) in [5.74, 6) is 0. The Morgan fingerprint density at radius 1 is 1.24 bits per heavy atom. The standard InChI is InChI=1S/C14H17F3N4/c15-14(16,17)12-9-11(3-4-13(12)18)20-5-1-2-7-21-8-6-19-10-21/h3-4,6,8-10,20H,1-2,5,7,18H2. The molecule has 114 valence electrons. The minimum absolute atomic E-state index is 0.256. The minimum Gasteiger partial charge on any atom is -0.398 e. The van der Waals surface area contributed by atoms with Gasteiger partial charge in [-0.05, 0) is 31.0 Å². The summed E-state index contributed by atoms with van der Waals surface area (Å²) in [5.41, 5.74) is 4.72. The van der Waals surface area contributed by atoms with Crippen LogP contribution in [-0.2, 0) is 12.7 Å². The first-order valence-electron chi connectivity index (χ1n) is 6.63. The number of anilines is 2. The van der Waals surface area contributed by atoms with Gasteiger partial charge in [0, 0.05) is 36.9 Å². The Morgan fingerprint density at radius 2 is 2.05 bits per heavy atom. The fourth-order valence-corrected chi connectivity index (χ4v) is 1.98. The van der Waals surface area contributed by atoms with Crippen molar-refractivity contribution in [2.75, 3.05) is 17.6 Å². The summed E-state index contributed by atoms with van der Waals surface area (Å²) in [6, 6.07) is 3.88. The number of nitrogens with one attached hydrogen (secondary N) is 1. The molecular weight excluding hydrogens is 281 g/mol. The fourth-order valence-electron chi connectivity index (χ4n) is 1.98. The summed E-state index contributed by atoms with van der Waals surface area (Å²) in [6.07, 6.45) is 2.68. The maximum Gasteiger partial charge on any atom is 0.418 e. The number of alkyl halides is 3. The van der Waals surface area contributed by atoms with E-state index in [-0.39, 0.29) is 5.69 Å². The highest BCUT2D eigenvalue weighted by Gasteiger charge is 2.33. The van der Waals surface area contributed by atoms with E-state index in [1.54, 1.807) is 18.6 Å². The van der Waals surface area contributed by atoms with Gasteiger partial charge in [-0.15, -0.1) is 0 Å². The van der Waals surface area contributed by atoms with Gasteiger partial charge in [0.2, 0.25) is 0 Å². The zero-order chi connectivity index (χ0) is 15.3. The van der Waals surface area contributed by atoms with Crippen LogP contribution in [-0.4, -0.2) is 16.1 Å². The van der Waals surface area contributed by atoms with Crippen molar-refractivity contribution in [3.63, 3.8) is 0 Å². The largest absolute Gasteiger partial charge is 0.418 e. The number of unbranched alkanes of at least 4 members (excludes halogenated alkanes) is 1. The van der Waals surface area contributed by atoms with E-state index in [1.807, 2.05) is 10.8 Å². The third-order valence-corrected chi connectivity index (χ3v) is 3.09. The smallest absolute Gasteiger partial charge is 0.398 e. The number of nitrogen functional groups attached to an aromatic ring is 1. The molecule has 0 amide bonds. The van der Waals surface area contributed by atoms with Crippen LogP contribution in [0.15, 0.2) is 36.9 Å². The third-order valence-electron chi connectivity index (χ3n) is 3.09. The van der Waals surface area contributed by atoms with E-state index in [9.17, 15) is 13.2 Å². The van der Waals surface area contributed by atoms with Crippen LogP contribution in [0.2, 0.25) is 0 Å². The first-order chi connectivity index (χ1) is 9.97. The normalized spacial score (nSPS) is 11.6. The topological polar surface area (TPSA) is 55.9 Å². The Morgan fingerprint density at radius 3 is 2.71 bits per heavy atom. The summed E-state index contributed by atoms with van der Waals surface area (Å²) < 4.78 is 40.1. The molecule has 3 N–H and O–H groups in total. The second kappa shape index (κ2) is 6.51. The maximum atomic E-state index is 12.7. The zero-order valence-electron chi connectivity index (χ0n) is 11.4. The average Bonchev–Trinajstić information content (AvgIpc) is 2.92. The van der Waals surface area contributed by atoms with E-state index in [4.69, 9.17) is 5.73 Å². The van der Waals surface area contributed by atoms with Crippen molar-refractivity contribution in [3.05, 3.63) is 42.5 Å². The van der Waals surface area contributed by atoms with Crippen LogP contribution in [0.4, 0.5) is 24.5 Å². The van der Waals surface area contributed by atoms with Crippen LogP contribution in [0.3, 0.4) is 0 Å². The molecule has 0 spiro atoms. The van der Waals surface area contributed by atoms with E-state index in [0.717, 1.165) is 25.5 Å². The van der Waals surface area contributed by atoms with Gasteiger partial charge in [-0.1, -0.05) is 0 Å². The van der Waals surface area contributed by atoms with Gasteiger partial charge in [0.05, 0.1) is 11.9 Å². The Labute approximate surface area is 120 Å². The van der Waals surface area contributed by atoms with E-state index >= 15 is 0 Å². The highest BCUT2D eigenvalue weighted by Crippen LogP contribution is 2.35. The van der Waals surface area contributed by atoms with Crippen molar-refractivity contribution in [1.29, 1.82) is 0 Å². The van der Waals surface area contributed by atoms with Crippen LogP contribution in [0, 0.1) is 0 Å². The molecule has 21 heavy (non-hydrogen) atoms. The first kappa shape index (κ1) is 15.2. The van der Waals surface area contributed by atoms with E-state index in [1.165, 1.54) is 6.07 Å². The van der Waals surface area contributed by atoms with E-state index in [2.05, 4.69) is 10.3 Å². The van der Waals surface area contributed by atoms with Gasteiger partial charge in [0.15, 0.2) is 0 Å². The average molecular weight is 298 g/mol. The Hall–Kier alpha value is -2.18. The van der Waals surface area contributed by atoms with Gasteiger partial charge in [-0.2, -0.15) is 13.2 Å². The summed E-state index contributed by atoms with van der Waals surface area (Å²) in [6.45, 7) is 1.45. The van der Waals surface area contributed by atoms with Gasteiger partial charge < -0.3 is 15.6 Å². The number of imidazole rings is 1. The van der Waals surface area contributed by atoms with Crippen LogP contribution >= 0.6 is 0 Å². The number of nitrogens with zero attached hydrogens (tertiary/aromatic N) is 2. The molecule has 0 radical (unpaired) electrons. The van der Waals surface area contributed by atoms with Crippen LogP contribution in [0.5, 0.6) is 0 Å². The lowest BCUT2D eigenvalue weighted by Crippen LogP contribution is -2.10. The second-order valence-electron chi connectivity index (χ2n) is 4.73. The van der Waals surface area contributed by atoms with Crippen molar-refractivity contribution in [2.45, 2.75) is 25.6 Å². The van der Waals surface area contributed by atoms with Crippen LogP contribution < -0.4 is 11.1 Å². The number of aryl methyl sites for hydroxylation is 1. The third kappa shape index (κ3) is 4.40. The van der Waals surface area contributed by atoms with Gasteiger partial charge in [-0.25, -0.2) is 4.98 Å². The number of hydrogen-bond donors (Lipinski definition) is 2. The predicted octanol–water partition coefficient (Wildman–Crippen LogP) is 3.38. The number of aromatic nitrogens is 2. The molecule has 0 aliphatic rings. The Balaban J connectivity index is 1.80. The minimum atomic E-state index is -4.43. The van der Waals surface area contributed by atoms with E-state index in [0.29, 0.717) is 12.2 Å². The van der Waals surface area contributed by atoms with Gasteiger partial charge in [-0.3, -0.25) is 0 Å². The molecular formula is C14H17F3N4. The summed E-state index contributed by atoms with van der Waals surface area (Å²) in [5, 5.41) is 2.98. The second-order valence-corrected chi connectivity index (χ2v) is 4.73. The molecule has 0 aliphatic heterocycles. The molecule has 1 aromatic carbocycles. The molecule has 4 nitrogen and oxygen atoms in total. The number of benzene rings is 1. The number of hydrogen-bond acceptors (Lipinski definition) is 3. The lowest BCUT2D eigenvalue weighted by atomic mass is 10.1. The van der Waals surface area contributed by atoms with Crippen LogP contribution in [0.1, 0.15) is 18.4 Å². The highest BCUT2D eigenvalue weighted by atomic mass is 19.4. The van der Waals surface area contributed by atoms with Gasteiger partial charge >= 0.3 is 6.18 Å². The number of halogens is 3. The van der Waals surface area contributed by atoms with Gasteiger partial charge in [0.1, 0.15) is 0 Å². The molecule has 1 heterocycles. The SMILES string of the molecule is Nc1ccc(NCCCCn2ccnc2)cc1C(F)(F)F. The molecule has 1 aromatic heterocycles. The lowest BCUT2D eigenvalue weighted by molar-refractivity contribution is -0.136. The number of nitrogens with two attached hydrogens (primary N) is 1. The molecule has 0 atom stereocenters. The molecule has 7 heteroatoms. The quantitative estimate of drug-likeness (QED) is 0.635. The molecule has 2 rings (SSSR count). The Kier molecular flexibility index (Phi) is 4.72. The predicted molar refractivity (Wildman–Crippen MR) is 75.8 cm³/mol. The van der Waals surface area contributed by atoms with Crippen molar-refractivity contribution in [2.24, 2.45) is 0 Å². The Bertz CT molecular complexity index is 564. The van der Waals surface area contributed by atoms with Crippen molar-refractivity contribution in [3.8, 4) is 0 Å². The van der Waals surface area contributed by atoms with Crippen molar-refractivity contribution < 1.29 is 13.2 Å². The van der Waals surface area contributed by atoms with Crippen molar-refractivity contribution in [1.82, 2.24) is 9.55 Å². The maximum absolute atomic E-state index is 12.7. The molecule has 0 saturated heterocycles. The fraction of sp³-hybridized carbons (Fsp3) is 0.357. The lowest BCUT2D eigenvalue weighted by Gasteiger charge is -2.13. The zero-order valence-corrected chi connectivity index (χ0v) is 11.4. The van der Waals surface area contributed by atoms with E-state index < -0.39 is 11.7 Å². The number of rotatable bonds is 6. The molecule has 0 unspecified atom stereocenters. The summed E-state index contributed by atoms with van der Waals surface area (Å²) in [7, 11) is 0. The van der Waals surface area contributed by atoms with Gasteiger partial charge in [0.25, 0.3) is 0 Å². The summed E-state index contributed by atoms with van der Waals surface area (Å²) >= 11 is 0. The van der Waals surface area contributed by atoms with Crippen LogP contribution in [0.25, 0.3) is 0 Å². The molecule has 0 bridgehead atoms. The monoisotopic (exact) mass is 298 g/mol. The molecule has 0 fully saturated rings.